The van der Waals surface area contributed by atoms with Gasteiger partial charge in [0.25, 0.3) is 0 Å². The van der Waals surface area contributed by atoms with E-state index in [2.05, 4.69) is 15.1 Å². The molecule has 206 valence electrons. The Morgan fingerprint density at radius 1 is 1.10 bits per heavy atom. The van der Waals surface area contributed by atoms with E-state index in [0.717, 1.165) is 26.9 Å². The topological polar surface area (TPSA) is 100 Å². The summed E-state index contributed by atoms with van der Waals surface area (Å²) in [6.45, 7) is 0.611. The van der Waals surface area contributed by atoms with E-state index < -0.39 is 37.0 Å². The number of morpholine rings is 1. The molecule has 1 aliphatic heterocycles. The Balaban J connectivity index is 1.37. The summed E-state index contributed by atoms with van der Waals surface area (Å²) < 4.78 is 48.9. The second kappa shape index (κ2) is 9.59. The molecule has 6 rings (SSSR count). The molecule has 10 nitrogen and oxygen atoms in total. The molecule has 0 saturated carbocycles. The lowest BCUT2D eigenvalue weighted by Gasteiger charge is -2.33. The Morgan fingerprint density at radius 2 is 1.93 bits per heavy atom. The number of fused-ring (bicyclic) bond motifs is 2. The van der Waals surface area contributed by atoms with Crippen LogP contribution in [0.25, 0.3) is 38.9 Å². The molecule has 40 heavy (non-hydrogen) atoms. The number of alkyl halides is 3. The summed E-state index contributed by atoms with van der Waals surface area (Å²) >= 11 is 0. The van der Waals surface area contributed by atoms with E-state index in [-0.39, 0.29) is 13.2 Å². The third-order valence-electron chi connectivity index (χ3n) is 7.19. The van der Waals surface area contributed by atoms with Crippen molar-refractivity contribution in [3.63, 3.8) is 0 Å². The van der Waals surface area contributed by atoms with Crippen molar-refractivity contribution in [3.05, 3.63) is 71.2 Å². The number of imidazole rings is 1. The van der Waals surface area contributed by atoms with Crippen LogP contribution >= 0.6 is 0 Å². The average Bonchev–Trinajstić information content (AvgIpc) is 3.46. The first kappa shape index (κ1) is 25.7. The second-order valence-electron chi connectivity index (χ2n) is 9.68. The van der Waals surface area contributed by atoms with Crippen LogP contribution in [0, 0.1) is 6.92 Å². The maximum absolute atomic E-state index is 13.7. The molecular weight excluding hydrogens is 527 g/mol. The fourth-order valence-electron chi connectivity index (χ4n) is 5.11. The average molecular weight is 552 g/mol. The Kier molecular flexibility index (Phi) is 6.17. The second-order valence-corrected chi connectivity index (χ2v) is 9.68. The van der Waals surface area contributed by atoms with Gasteiger partial charge in [-0.15, -0.1) is 0 Å². The van der Waals surface area contributed by atoms with Gasteiger partial charge in [-0.25, -0.2) is 4.79 Å². The monoisotopic (exact) mass is 551 g/mol. The number of aryl methyl sites for hydroxylation is 2. The molecule has 1 atom stereocenters. The van der Waals surface area contributed by atoms with Crippen LogP contribution in [0.15, 0.2) is 59.9 Å². The Labute approximate surface area is 225 Å². The van der Waals surface area contributed by atoms with E-state index in [1.54, 1.807) is 53.7 Å². The summed E-state index contributed by atoms with van der Waals surface area (Å²) in [5, 5.41) is 5.17. The van der Waals surface area contributed by atoms with Gasteiger partial charge in [-0.2, -0.15) is 18.3 Å². The third kappa shape index (κ3) is 4.31. The molecule has 1 unspecified atom stereocenters. The lowest BCUT2D eigenvalue weighted by Crippen LogP contribution is -2.52. The van der Waals surface area contributed by atoms with Crippen LogP contribution in [0.2, 0.25) is 0 Å². The van der Waals surface area contributed by atoms with Crippen LogP contribution in [0.5, 0.6) is 0 Å². The van der Waals surface area contributed by atoms with Crippen LogP contribution in [0.1, 0.15) is 5.56 Å². The van der Waals surface area contributed by atoms with Gasteiger partial charge in [0, 0.05) is 30.7 Å². The Bertz CT molecular complexity index is 1800. The molecule has 0 bridgehead atoms. The van der Waals surface area contributed by atoms with Crippen molar-refractivity contribution in [2.45, 2.75) is 25.7 Å². The number of para-hydroxylation sites is 1. The van der Waals surface area contributed by atoms with E-state index in [1.807, 2.05) is 20.0 Å². The molecule has 1 fully saturated rings. The zero-order chi connectivity index (χ0) is 28.2. The van der Waals surface area contributed by atoms with Gasteiger partial charge in [-0.1, -0.05) is 12.1 Å². The van der Waals surface area contributed by atoms with E-state index in [4.69, 9.17) is 4.74 Å². The number of pyridine rings is 2. The van der Waals surface area contributed by atoms with Crippen molar-refractivity contribution in [1.29, 1.82) is 0 Å². The van der Waals surface area contributed by atoms with E-state index in [0.29, 0.717) is 22.4 Å². The van der Waals surface area contributed by atoms with Crippen molar-refractivity contribution < 1.29 is 22.7 Å². The summed E-state index contributed by atoms with van der Waals surface area (Å²) in [6, 6.07) is 8.86. The number of hydrogen-bond donors (Lipinski definition) is 0. The minimum absolute atomic E-state index is 0.0156. The van der Waals surface area contributed by atoms with Crippen molar-refractivity contribution in [3.8, 4) is 16.9 Å². The van der Waals surface area contributed by atoms with Gasteiger partial charge in [-0.05, 0) is 30.7 Å². The van der Waals surface area contributed by atoms with E-state index in [9.17, 15) is 22.8 Å². The molecule has 1 amide bonds. The first-order valence-corrected chi connectivity index (χ1v) is 12.5. The lowest BCUT2D eigenvalue weighted by molar-refractivity contribution is -0.236. The van der Waals surface area contributed by atoms with Crippen LogP contribution in [-0.2, 0) is 23.1 Å². The Morgan fingerprint density at radius 3 is 2.67 bits per heavy atom. The van der Waals surface area contributed by atoms with Crippen molar-refractivity contribution in [1.82, 2.24) is 33.8 Å². The van der Waals surface area contributed by atoms with Gasteiger partial charge in [0.2, 0.25) is 5.91 Å². The minimum Gasteiger partial charge on any atom is -0.365 e. The third-order valence-corrected chi connectivity index (χ3v) is 7.19. The summed E-state index contributed by atoms with van der Waals surface area (Å²) in [7, 11) is 1.83. The maximum Gasteiger partial charge on any atom is 0.416 e. The number of carbonyl (C=O) groups excluding carboxylic acids is 1. The predicted octanol–water partition coefficient (Wildman–Crippen LogP) is 3.23. The highest BCUT2D eigenvalue weighted by Gasteiger charge is 2.44. The van der Waals surface area contributed by atoms with Crippen LogP contribution in [-0.4, -0.2) is 71.7 Å². The number of benzene rings is 1. The number of halogens is 3. The van der Waals surface area contributed by atoms with Gasteiger partial charge in [0.1, 0.15) is 6.54 Å². The van der Waals surface area contributed by atoms with Gasteiger partial charge in [0.05, 0.1) is 59.7 Å². The number of hydrogen-bond acceptors (Lipinski definition) is 6. The molecule has 1 saturated heterocycles. The molecule has 13 heteroatoms. The number of amides is 1. The van der Waals surface area contributed by atoms with Crippen LogP contribution < -0.4 is 5.69 Å². The smallest absolute Gasteiger partial charge is 0.365 e. The molecule has 1 aliphatic rings. The minimum atomic E-state index is -4.58. The molecule has 0 N–H and O–H groups in total. The largest absolute Gasteiger partial charge is 0.416 e. The standard InChI is InChI=1S/C27H24F3N7O3/c1-16-4-3-5-21-25(16)37(26(39)36(21)15-24(38)35-8-9-40-23(14-35)27(28,29)30)17-6-7-20(32-10-17)18-11-31-13-22-19(18)12-33-34(22)2/h3-7,10-13,23H,8-9,14-15H2,1-2H3. The predicted molar refractivity (Wildman–Crippen MR) is 140 cm³/mol. The number of carbonyl (C=O) groups is 1. The molecule has 4 aromatic heterocycles. The molecular formula is C27H24F3N7O3. The van der Waals surface area contributed by atoms with Crippen molar-refractivity contribution in [2.75, 3.05) is 19.7 Å². The summed E-state index contributed by atoms with van der Waals surface area (Å²) in [5.41, 5.74) is 4.13. The van der Waals surface area contributed by atoms with E-state index >= 15 is 0 Å². The van der Waals surface area contributed by atoms with E-state index in [1.165, 1.54) is 9.13 Å². The normalized spacial score (nSPS) is 16.2. The van der Waals surface area contributed by atoms with Crippen molar-refractivity contribution in [2.24, 2.45) is 7.05 Å². The quantitative estimate of drug-likeness (QED) is 0.340. The highest BCUT2D eigenvalue weighted by Crippen LogP contribution is 2.28. The zero-order valence-electron chi connectivity index (χ0n) is 21.6. The first-order valence-electron chi connectivity index (χ1n) is 12.5. The summed E-state index contributed by atoms with van der Waals surface area (Å²) in [5.74, 6) is -0.592. The van der Waals surface area contributed by atoms with Crippen LogP contribution in [0.4, 0.5) is 13.2 Å². The molecule has 5 heterocycles. The summed E-state index contributed by atoms with van der Waals surface area (Å²) in [4.78, 5) is 36.8. The highest BCUT2D eigenvalue weighted by molar-refractivity contribution is 5.92. The van der Waals surface area contributed by atoms with Gasteiger partial charge in [0.15, 0.2) is 6.10 Å². The maximum atomic E-state index is 13.7. The van der Waals surface area contributed by atoms with Gasteiger partial charge >= 0.3 is 11.9 Å². The molecule has 1 aromatic carbocycles. The number of rotatable bonds is 4. The van der Waals surface area contributed by atoms with Gasteiger partial charge < -0.3 is 9.64 Å². The molecule has 0 aliphatic carbocycles. The zero-order valence-corrected chi connectivity index (χ0v) is 21.6. The molecule has 0 spiro atoms. The summed E-state index contributed by atoms with van der Waals surface area (Å²) in [6.07, 6.45) is 0.0999. The number of aromatic nitrogens is 6. The highest BCUT2D eigenvalue weighted by atomic mass is 19.4. The Hall–Kier alpha value is -4.52. The van der Waals surface area contributed by atoms with Crippen molar-refractivity contribution >= 4 is 27.8 Å². The van der Waals surface area contributed by atoms with Gasteiger partial charge in [-0.3, -0.25) is 28.6 Å². The molecule has 0 radical (unpaired) electrons. The first-order chi connectivity index (χ1) is 19.1. The molecule has 5 aromatic rings. The number of ether oxygens (including phenoxy) is 1. The lowest BCUT2D eigenvalue weighted by atomic mass is 10.1. The fourth-order valence-corrected chi connectivity index (χ4v) is 5.11. The SMILES string of the molecule is Cc1cccc2c1n(-c1ccc(-c3cncc4c3cnn4C)nc1)c(=O)n2CC(=O)N1CCOC(C(F)(F)F)C1. The fraction of sp³-hybridized carbons (Fsp3) is 0.296. The van der Waals surface area contributed by atoms with Crippen LogP contribution in [0.3, 0.4) is 0 Å². The number of nitrogens with zero attached hydrogens (tertiary/aromatic N) is 7.